The van der Waals surface area contributed by atoms with Crippen molar-refractivity contribution in [1.82, 2.24) is 0 Å². The summed E-state index contributed by atoms with van der Waals surface area (Å²) in [7, 11) is 0. The van der Waals surface area contributed by atoms with Crippen LogP contribution < -0.4 is 15.5 Å². The number of nitrogens with one attached hydrogen (secondary N) is 2. The quantitative estimate of drug-likeness (QED) is 0.389. The molecule has 0 radical (unpaired) electrons. The minimum atomic E-state index is -1.07. The molecule has 178 valence electrons. The van der Waals surface area contributed by atoms with Gasteiger partial charge in [-0.25, -0.2) is 18.4 Å². The second-order valence-electron chi connectivity index (χ2n) is 8.79. The topological polar surface area (TPSA) is 81.7 Å². The Kier molecular flexibility index (Phi) is 8.96. The van der Waals surface area contributed by atoms with Crippen LogP contribution in [0.5, 0.6) is 0 Å². The van der Waals surface area contributed by atoms with Crippen LogP contribution in [0.15, 0.2) is 42.5 Å². The summed E-state index contributed by atoms with van der Waals surface area (Å²) in [6, 6.07) is 7.53. The van der Waals surface area contributed by atoms with E-state index in [-0.39, 0.29) is 5.69 Å². The van der Waals surface area contributed by atoms with Gasteiger partial charge in [-0.3, -0.25) is 0 Å². The molecule has 2 aromatic rings. The number of carboxylic acid groups (broad SMARTS) is 1. The predicted octanol–water partition coefficient (Wildman–Crippen LogP) is 6.22. The zero-order valence-electron chi connectivity index (χ0n) is 19.6. The number of anilines is 3. The molecule has 6 nitrogen and oxygen atoms in total. The summed E-state index contributed by atoms with van der Waals surface area (Å²) in [5, 5.41) is 14.2. The van der Waals surface area contributed by atoms with Crippen molar-refractivity contribution in [2.75, 3.05) is 28.6 Å². The monoisotopic (exact) mass is 459 g/mol. The van der Waals surface area contributed by atoms with Crippen LogP contribution in [-0.2, 0) is 4.79 Å². The van der Waals surface area contributed by atoms with E-state index in [0.29, 0.717) is 34.7 Å². The molecule has 0 aliphatic rings. The number of nitrogens with zero attached hydrogens (tertiary/aromatic N) is 1. The summed E-state index contributed by atoms with van der Waals surface area (Å²) < 4.78 is 27.2. The number of carbonyl (C=O) groups excluding carboxylic acids is 1. The first-order valence-corrected chi connectivity index (χ1v) is 10.8. The number of hydrogen-bond acceptors (Lipinski definition) is 3. The van der Waals surface area contributed by atoms with Crippen molar-refractivity contribution in [2.24, 2.45) is 11.8 Å². The Morgan fingerprint density at radius 2 is 1.58 bits per heavy atom. The molecule has 0 aliphatic heterocycles. The molecular weight excluding hydrogens is 428 g/mol. The van der Waals surface area contributed by atoms with Crippen molar-refractivity contribution in [2.45, 2.75) is 34.6 Å². The van der Waals surface area contributed by atoms with Gasteiger partial charge in [0, 0.05) is 25.2 Å². The zero-order valence-corrected chi connectivity index (χ0v) is 19.6. The van der Waals surface area contributed by atoms with Crippen LogP contribution >= 0.6 is 0 Å². The van der Waals surface area contributed by atoms with E-state index in [1.807, 2.05) is 6.07 Å². The second kappa shape index (κ2) is 11.4. The molecule has 2 aromatic carbocycles. The van der Waals surface area contributed by atoms with E-state index in [2.05, 4.69) is 43.2 Å². The number of allylic oxidation sites excluding steroid dienone is 1. The van der Waals surface area contributed by atoms with Gasteiger partial charge in [0.2, 0.25) is 0 Å². The van der Waals surface area contributed by atoms with Crippen LogP contribution in [0.2, 0.25) is 0 Å². The fourth-order valence-electron chi connectivity index (χ4n) is 3.45. The fourth-order valence-corrected chi connectivity index (χ4v) is 3.45. The van der Waals surface area contributed by atoms with Crippen molar-refractivity contribution >= 4 is 34.6 Å². The van der Waals surface area contributed by atoms with Crippen molar-refractivity contribution in [3.63, 3.8) is 0 Å². The van der Waals surface area contributed by atoms with Crippen molar-refractivity contribution in [3.05, 3.63) is 59.7 Å². The van der Waals surface area contributed by atoms with E-state index >= 15 is 0 Å². The first-order valence-electron chi connectivity index (χ1n) is 10.8. The van der Waals surface area contributed by atoms with Gasteiger partial charge in [0.1, 0.15) is 11.6 Å². The first kappa shape index (κ1) is 25.8. The lowest BCUT2D eigenvalue weighted by Gasteiger charge is -2.30. The minimum absolute atomic E-state index is 0.158. The van der Waals surface area contributed by atoms with E-state index < -0.39 is 23.6 Å². The third-order valence-electron chi connectivity index (χ3n) is 4.73. The molecule has 3 N–H and O–H groups in total. The molecule has 0 spiro atoms. The van der Waals surface area contributed by atoms with E-state index in [9.17, 15) is 18.4 Å². The Morgan fingerprint density at radius 3 is 2.12 bits per heavy atom. The van der Waals surface area contributed by atoms with Crippen LogP contribution in [0.4, 0.5) is 30.6 Å². The highest BCUT2D eigenvalue weighted by atomic mass is 19.1. The lowest BCUT2D eigenvalue weighted by atomic mass is 10.0. The van der Waals surface area contributed by atoms with Crippen molar-refractivity contribution in [1.29, 1.82) is 0 Å². The highest BCUT2D eigenvalue weighted by molar-refractivity contribution is 6.02. The third-order valence-corrected chi connectivity index (χ3v) is 4.73. The molecule has 2 amide bonds. The van der Waals surface area contributed by atoms with Gasteiger partial charge in [-0.1, -0.05) is 33.8 Å². The van der Waals surface area contributed by atoms with E-state index in [1.54, 1.807) is 19.1 Å². The van der Waals surface area contributed by atoms with Gasteiger partial charge in [0.15, 0.2) is 0 Å². The Bertz CT molecular complexity index is 1030. The molecule has 0 unspecified atom stereocenters. The molecule has 0 heterocycles. The maximum absolute atomic E-state index is 14.0. The molecule has 2 rings (SSSR count). The maximum Gasteiger partial charge on any atom is 0.328 e. The number of urea groups is 1. The number of benzene rings is 2. The summed E-state index contributed by atoms with van der Waals surface area (Å²) in [4.78, 5) is 25.9. The molecule has 0 fully saturated rings. The second-order valence-corrected chi connectivity index (χ2v) is 8.79. The Labute approximate surface area is 193 Å². The summed E-state index contributed by atoms with van der Waals surface area (Å²) in [6.07, 6.45) is 1.09. The van der Waals surface area contributed by atoms with Gasteiger partial charge in [-0.05, 0) is 54.2 Å². The standard InChI is InChI=1S/C25H31F2N3O3/c1-15(2)13-30(14-16(3)4)23-9-6-18(17(5)10-24(31)32)11-22(23)29-25(33)28-21-8-7-19(26)12-20(21)27/h6-12,15-16H,13-14H2,1-5H3,(H,31,32)(H2,28,29,33)/b17-10-. The molecular formula is C25H31F2N3O3. The number of amides is 2. The lowest BCUT2D eigenvalue weighted by molar-refractivity contribution is -0.131. The van der Waals surface area contributed by atoms with E-state index in [4.69, 9.17) is 5.11 Å². The van der Waals surface area contributed by atoms with Crippen LogP contribution in [-0.4, -0.2) is 30.2 Å². The summed E-state index contributed by atoms with van der Waals surface area (Å²) in [5.41, 5.74) is 2.19. The van der Waals surface area contributed by atoms with E-state index in [0.717, 1.165) is 37.0 Å². The highest BCUT2D eigenvalue weighted by Gasteiger charge is 2.18. The number of rotatable bonds is 9. The van der Waals surface area contributed by atoms with Crippen LogP contribution in [0.25, 0.3) is 5.57 Å². The average Bonchev–Trinajstić information content (AvgIpc) is 2.68. The number of hydrogen-bond donors (Lipinski definition) is 3. The molecule has 0 saturated carbocycles. The smallest absolute Gasteiger partial charge is 0.328 e. The Balaban J connectivity index is 2.45. The van der Waals surface area contributed by atoms with Gasteiger partial charge in [-0.15, -0.1) is 0 Å². The van der Waals surface area contributed by atoms with Gasteiger partial charge >= 0.3 is 12.0 Å². The maximum atomic E-state index is 14.0. The normalized spacial score (nSPS) is 11.6. The number of aliphatic carboxylic acids is 1. The molecule has 0 saturated heterocycles. The van der Waals surface area contributed by atoms with Crippen LogP contribution in [0, 0.1) is 23.5 Å². The molecule has 0 aliphatic carbocycles. The average molecular weight is 460 g/mol. The lowest BCUT2D eigenvalue weighted by Crippen LogP contribution is -2.32. The molecule has 0 aromatic heterocycles. The number of carboxylic acids is 1. The largest absolute Gasteiger partial charge is 0.478 e. The molecule has 0 atom stereocenters. The SMILES string of the molecule is C/C(=C/C(=O)O)c1ccc(N(CC(C)C)CC(C)C)c(NC(=O)Nc2ccc(F)cc2F)c1. The van der Waals surface area contributed by atoms with Crippen molar-refractivity contribution < 1.29 is 23.5 Å². The van der Waals surface area contributed by atoms with Gasteiger partial charge in [0.25, 0.3) is 0 Å². The van der Waals surface area contributed by atoms with E-state index in [1.165, 1.54) is 0 Å². The molecule has 33 heavy (non-hydrogen) atoms. The molecule has 8 heteroatoms. The van der Waals surface area contributed by atoms with Gasteiger partial charge in [0.05, 0.1) is 17.1 Å². The Hall–Kier alpha value is -3.42. The third kappa shape index (κ3) is 7.89. The van der Waals surface area contributed by atoms with Crippen LogP contribution in [0.3, 0.4) is 0 Å². The first-order chi connectivity index (χ1) is 15.5. The summed E-state index contributed by atoms with van der Waals surface area (Å²) in [6.45, 7) is 11.5. The van der Waals surface area contributed by atoms with Gasteiger partial charge < -0.3 is 20.6 Å². The fraction of sp³-hybridized carbons (Fsp3) is 0.360. The zero-order chi connectivity index (χ0) is 24.7. The summed E-state index contributed by atoms with van der Waals surface area (Å²) in [5.74, 6) is -2.00. The number of carbonyl (C=O) groups is 2. The van der Waals surface area contributed by atoms with Crippen LogP contribution in [0.1, 0.15) is 40.2 Å². The predicted molar refractivity (Wildman–Crippen MR) is 129 cm³/mol. The number of halogens is 2. The van der Waals surface area contributed by atoms with Crippen molar-refractivity contribution in [3.8, 4) is 0 Å². The highest BCUT2D eigenvalue weighted by Crippen LogP contribution is 2.31. The van der Waals surface area contributed by atoms with Gasteiger partial charge in [-0.2, -0.15) is 0 Å². The molecule has 0 bridgehead atoms. The Morgan fingerprint density at radius 1 is 0.970 bits per heavy atom. The summed E-state index contributed by atoms with van der Waals surface area (Å²) >= 11 is 0. The minimum Gasteiger partial charge on any atom is -0.478 e.